The van der Waals surface area contributed by atoms with Crippen LogP contribution in [0.5, 0.6) is 0 Å². The van der Waals surface area contributed by atoms with E-state index in [1.807, 2.05) is 17.5 Å². The fraction of sp³-hybridized carbons (Fsp3) is 0.231. The van der Waals surface area contributed by atoms with E-state index in [0.717, 1.165) is 40.8 Å². The summed E-state index contributed by atoms with van der Waals surface area (Å²) in [6.07, 6.45) is 0.952. The van der Waals surface area contributed by atoms with Crippen molar-refractivity contribution in [1.82, 2.24) is 19.7 Å². The van der Waals surface area contributed by atoms with E-state index in [9.17, 15) is 4.79 Å². The fourth-order valence-corrected chi connectivity index (χ4v) is 6.26. The molecule has 0 unspecified atom stereocenters. The molecule has 2 aromatic carbocycles. The highest BCUT2D eigenvalue weighted by Crippen LogP contribution is 2.34. The Bertz CT molecular complexity index is 1500. The van der Waals surface area contributed by atoms with E-state index in [0.29, 0.717) is 5.13 Å². The fourth-order valence-electron chi connectivity index (χ4n) is 3.82. The number of hydrogen-bond donors (Lipinski definition) is 1. The Kier molecular flexibility index (Phi) is 6.99. The quantitative estimate of drug-likeness (QED) is 0.223. The number of rotatable bonds is 8. The van der Waals surface area contributed by atoms with Crippen molar-refractivity contribution in [3.05, 3.63) is 64.4 Å². The number of anilines is 1. The molecule has 0 aliphatic carbocycles. The number of fused-ring (bicyclic) bond motifs is 1. The van der Waals surface area contributed by atoms with Crippen LogP contribution < -0.4 is 5.32 Å². The van der Waals surface area contributed by atoms with Gasteiger partial charge in [0, 0.05) is 38.5 Å². The third-order valence-corrected chi connectivity index (χ3v) is 8.46. The smallest absolute Gasteiger partial charge is 0.236 e. The number of thioether (sulfide) groups is 1. The van der Waals surface area contributed by atoms with Crippen LogP contribution in [0.15, 0.2) is 58.4 Å². The number of thiophene rings is 1. The highest BCUT2D eigenvalue weighted by atomic mass is 32.2. The van der Waals surface area contributed by atoms with Crippen molar-refractivity contribution >= 4 is 55.6 Å². The maximum absolute atomic E-state index is 12.7. The summed E-state index contributed by atoms with van der Waals surface area (Å²) in [5.41, 5.74) is 5.49. The number of aryl methyl sites for hydroxylation is 2. The van der Waals surface area contributed by atoms with Crippen LogP contribution in [-0.2, 0) is 11.3 Å². The number of benzene rings is 2. The number of hydrogen-bond acceptors (Lipinski definition) is 7. The summed E-state index contributed by atoms with van der Waals surface area (Å²) in [4.78, 5) is 17.3. The van der Waals surface area contributed by atoms with Crippen LogP contribution in [0, 0.1) is 13.8 Å². The number of carbonyl (C=O) groups excluding carboxylic acids is 1. The Balaban J connectivity index is 1.28. The van der Waals surface area contributed by atoms with Crippen LogP contribution in [0.2, 0.25) is 0 Å². The summed E-state index contributed by atoms with van der Waals surface area (Å²) >= 11 is 4.55. The topological polar surface area (TPSA) is 72.7 Å². The van der Waals surface area contributed by atoms with Crippen LogP contribution in [0.1, 0.15) is 24.5 Å². The molecule has 0 spiro atoms. The normalized spacial score (nSPS) is 11.3. The van der Waals surface area contributed by atoms with E-state index in [1.165, 1.54) is 44.3 Å². The maximum atomic E-state index is 12.7. The van der Waals surface area contributed by atoms with Gasteiger partial charge in [0.25, 0.3) is 0 Å². The number of amides is 1. The molecular formula is C26H25N5OS3. The SMILES string of the molecule is CCCn1c(SCC(=O)Nc2nc(-c3ccc(C)c(C)c3)cs2)nnc1-c1csc2ccccc12. The molecule has 3 heterocycles. The molecule has 9 heteroatoms. The first-order valence-corrected chi connectivity index (χ1v) is 14.1. The number of thiazole rings is 1. The lowest BCUT2D eigenvalue weighted by atomic mass is 10.1. The van der Waals surface area contributed by atoms with Gasteiger partial charge in [-0.15, -0.1) is 32.9 Å². The minimum Gasteiger partial charge on any atom is -0.302 e. The summed E-state index contributed by atoms with van der Waals surface area (Å²) in [5, 5.41) is 18.5. The summed E-state index contributed by atoms with van der Waals surface area (Å²) in [7, 11) is 0. The Morgan fingerprint density at radius 1 is 1.06 bits per heavy atom. The molecule has 5 rings (SSSR count). The zero-order valence-electron chi connectivity index (χ0n) is 19.7. The molecular weight excluding hydrogens is 495 g/mol. The van der Waals surface area contributed by atoms with Crippen molar-refractivity contribution < 1.29 is 4.79 Å². The second-order valence-corrected chi connectivity index (χ2v) is 11.0. The molecule has 0 saturated heterocycles. The predicted molar refractivity (Wildman–Crippen MR) is 148 cm³/mol. The van der Waals surface area contributed by atoms with Crippen molar-refractivity contribution in [2.75, 3.05) is 11.1 Å². The molecule has 0 aliphatic heterocycles. The molecule has 6 nitrogen and oxygen atoms in total. The van der Waals surface area contributed by atoms with Gasteiger partial charge >= 0.3 is 0 Å². The molecule has 0 saturated carbocycles. The van der Waals surface area contributed by atoms with Gasteiger partial charge in [0.1, 0.15) is 0 Å². The third-order valence-electron chi connectivity index (χ3n) is 5.77. The maximum Gasteiger partial charge on any atom is 0.236 e. The van der Waals surface area contributed by atoms with Gasteiger partial charge < -0.3 is 9.88 Å². The Labute approximate surface area is 216 Å². The van der Waals surface area contributed by atoms with Crippen LogP contribution in [0.4, 0.5) is 5.13 Å². The lowest BCUT2D eigenvalue weighted by Gasteiger charge is -2.08. The summed E-state index contributed by atoms with van der Waals surface area (Å²) < 4.78 is 3.35. The second kappa shape index (κ2) is 10.3. The molecule has 35 heavy (non-hydrogen) atoms. The van der Waals surface area contributed by atoms with Gasteiger partial charge in [0.05, 0.1) is 11.4 Å². The lowest BCUT2D eigenvalue weighted by Crippen LogP contribution is -2.14. The highest BCUT2D eigenvalue weighted by molar-refractivity contribution is 7.99. The number of nitrogens with one attached hydrogen (secondary N) is 1. The van der Waals surface area contributed by atoms with E-state index >= 15 is 0 Å². The molecule has 0 bridgehead atoms. The van der Waals surface area contributed by atoms with Gasteiger partial charge in [0.15, 0.2) is 16.1 Å². The minimum absolute atomic E-state index is 0.107. The van der Waals surface area contributed by atoms with Gasteiger partial charge in [-0.2, -0.15) is 0 Å². The van der Waals surface area contributed by atoms with Crippen molar-refractivity contribution in [1.29, 1.82) is 0 Å². The molecule has 0 fully saturated rings. The van der Waals surface area contributed by atoms with E-state index in [1.54, 1.807) is 11.3 Å². The number of carbonyl (C=O) groups is 1. The summed E-state index contributed by atoms with van der Waals surface area (Å²) in [6, 6.07) is 14.6. The van der Waals surface area contributed by atoms with Crippen molar-refractivity contribution in [3.63, 3.8) is 0 Å². The first kappa shape index (κ1) is 23.7. The molecule has 0 radical (unpaired) electrons. The number of aromatic nitrogens is 4. The first-order valence-electron chi connectivity index (χ1n) is 11.4. The molecule has 0 atom stereocenters. The molecule has 178 valence electrons. The first-order chi connectivity index (χ1) is 17.0. The molecule has 1 amide bonds. The van der Waals surface area contributed by atoms with Crippen LogP contribution in [0.25, 0.3) is 32.7 Å². The second-order valence-electron chi connectivity index (χ2n) is 8.28. The standard InChI is InChI=1S/C26H25N5OS3/c1-4-11-31-24(20-13-33-22-8-6-5-7-19(20)22)29-30-26(31)35-15-23(32)28-25-27-21(14-34-25)18-10-9-16(2)17(3)12-18/h5-10,12-14H,4,11,15H2,1-3H3,(H,27,28,32). The Morgan fingerprint density at radius 2 is 1.91 bits per heavy atom. The largest absolute Gasteiger partial charge is 0.302 e. The van der Waals surface area contributed by atoms with Crippen molar-refractivity contribution in [2.45, 2.75) is 38.9 Å². The monoisotopic (exact) mass is 519 g/mol. The molecule has 3 aromatic heterocycles. The van der Waals surface area contributed by atoms with Crippen LogP contribution >= 0.6 is 34.4 Å². The molecule has 0 aliphatic rings. The molecule has 1 N–H and O–H groups in total. The summed E-state index contributed by atoms with van der Waals surface area (Å²) in [6.45, 7) is 7.11. The third kappa shape index (κ3) is 5.03. The Morgan fingerprint density at radius 3 is 2.74 bits per heavy atom. The lowest BCUT2D eigenvalue weighted by molar-refractivity contribution is -0.113. The van der Waals surface area contributed by atoms with Gasteiger partial charge in [-0.3, -0.25) is 4.79 Å². The van der Waals surface area contributed by atoms with Crippen molar-refractivity contribution in [2.24, 2.45) is 0 Å². The average molecular weight is 520 g/mol. The minimum atomic E-state index is -0.107. The summed E-state index contributed by atoms with van der Waals surface area (Å²) in [5.74, 6) is 0.986. The van der Waals surface area contributed by atoms with E-state index in [-0.39, 0.29) is 11.7 Å². The number of nitrogens with zero attached hydrogens (tertiary/aromatic N) is 4. The highest BCUT2D eigenvalue weighted by Gasteiger charge is 2.18. The zero-order valence-corrected chi connectivity index (χ0v) is 22.2. The van der Waals surface area contributed by atoms with Gasteiger partial charge in [-0.1, -0.05) is 49.0 Å². The zero-order chi connectivity index (χ0) is 24.4. The van der Waals surface area contributed by atoms with Crippen LogP contribution in [0.3, 0.4) is 0 Å². The van der Waals surface area contributed by atoms with Gasteiger partial charge in [0.2, 0.25) is 5.91 Å². The predicted octanol–water partition coefficient (Wildman–Crippen LogP) is 7.04. The Hall–Kier alpha value is -3.01. The van der Waals surface area contributed by atoms with Crippen LogP contribution in [-0.4, -0.2) is 31.4 Å². The van der Waals surface area contributed by atoms with E-state index in [2.05, 4.69) is 81.5 Å². The van der Waals surface area contributed by atoms with Crippen molar-refractivity contribution in [3.8, 4) is 22.6 Å². The van der Waals surface area contributed by atoms with E-state index in [4.69, 9.17) is 0 Å². The van der Waals surface area contributed by atoms with E-state index < -0.39 is 0 Å². The molecule has 5 aromatic rings. The van der Waals surface area contributed by atoms with Gasteiger partial charge in [-0.05, 0) is 43.5 Å². The average Bonchev–Trinajstić information content (AvgIpc) is 3.58. The van der Waals surface area contributed by atoms with Gasteiger partial charge in [-0.25, -0.2) is 4.98 Å².